The molecule has 1 aromatic heterocycles. The number of carbonyl (C=O) groups excluding carboxylic acids is 1. The number of nitrogens with zero attached hydrogens (tertiary/aromatic N) is 1. The number of nitrogen functional groups attached to an aromatic ring is 1. The lowest BCUT2D eigenvalue weighted by atomic mass is 10.0. The van der Waals surface area contributed by atoms with Crippen molar-refractivity contribution in [2.75, 3.05) is 19.3 Å². The number of anilines is 1. The van der Waals surface area contributed by atoms with Crippen LogP contribution in [0, 0.1) is 11.8 Å². The molecule has 1 aliphatic rings. The summed E-state index contributed by atoms with van der Waals surface area (Å²) in [4.78, 5) is 15.2. The van der Waals surface area contributed by atoms with Gasteiger partial charge in [0.05, 0.1) is 24.0 Å². The number of hydrogen-bond acceptors (Lipinski definition) is 4. The molecule has 0 spiro atoms. The van der Waals surface area contributed by atoms with Gasteiger partial charge in [0.25, 0.3) is 5.91 Å². The van der Waals surface area contributed by atoms with Gasteiger partial charge in [-0.2, -0.15) is 5.10 Å². The molecule has 0 fully saturated rings. The van der Waals surface area contributed by atoms with Crippen LogP contribution in [0.5, 0.6) is 0 Å². The Morgan fingerprint density at radius 3 is 3.10 bits per heavy atom. The Morgan fingerprint density at radius 1 is 1.45 bits per heavy atom. The number of amides is 1. The van der Waals surface area contributed by atoms with Crippen LogP contribution >= 0.6 is 0 Å². The SMILES string of the molecule is CNCC#Cc1[nH]c2cc(N)cc3c2c1C=NNC3=O. The fourth-order valence-electron chi connectivity index (χ4n) is 2.22. The number of aromatic nitrogens is 1. The third kappa shape index (κ3) is 1.90. The number of nitrogens with one attached hydrogen (secondary N) is 3. The van der Waals surface area contributed by atoms with Crippen LogP contribution in [0.1, 0.15) is 21.6 Å². The fourth-order valence-corrected chi connectivity index (χ4v) is 2.22. The quantitative estimate of drug-likeness (QED) is 0.445. The molecule has 0 unspecified atom stereocenters. The zero-order chi connectivity index (χ0) is 14.1. The number of aromatic amines is 1. The van der Waals surface area contributed by atoms with Crippen LogP contribution < -0.4 is 16.5 Å². The molecule has 2 heterocycles. The van der Waals surface area contributed by atoms with E-state index in [1.54, 1.807) is 18.3 Å². The second-order valence-corrected chi connectivity index (χ2v) is 4.44. The van der Waals surface area contributed by atoms with Crippen molar-refractivity contribution in [1.29, 1.82) is 0 Å². The fraction of sp³-hybridized carbons (Fsp3) is 0.143. The minimum atomic E-state index is -0.272. The van der Waals surface area contributed by atoms with Crippen molar-refractivity contribution in [2.24, 2.45) is 5.10 Å². The number of H-pyrrole nitrogens is 1. The first-order valence-electron chi connectivity index (χ1n) is 6.13. The second kappa shape index (κ2) is 4.72. The molecule has 1 aliphatic heterocycles. The van der Waals surface area contributed by atoms with E-state index in [4.69, 9.17) is 5.73 Å². The van der Waals surface area contributed by atoms with E-state index in [9.17, 15) is 4.79 Å². The molecule has 0 saturated heterocycles. The molecule has 0 saturated carbocycles. The summed E-state index contributed by atoms with van der Waals surface area (Å²) >= 11 is 0. The van der Waals surface area contributed by atoms with Gasteiger partial charge in [-0.05, 0) is 25.1 Å². The maximum Gasteiger partial charge on any atom is 0.272 e. The zero-order valence-corrected chi connectivity index (χ0v) is 10.9. The lowest BCUT2D eigenvalue weighted by Crippen LogP contribution is -2.16. The van der Waals surface area contributed by atoms with Crippen LogP contribution in [0.3, 0.4) is 0 Å². The van der Waals surface area contributed by atoms with Crippen molar-refractivity contribution in [3.63, 3.8) is 0 Å². The molecular weight excluding hydrogens is 254 g/mol. The number of carbonyl (C=O) groups is 1. The molecule has 0 bridgehead atoms. The van der Waals surface area contributed by atoms with Gasteiger partial charge in [0.1, 0.15) is 0 Å². The van der Waals surface area contributed by atoms with Gasteiger partial charge in [0, 0.05) is 22.2 Å². The number of rotatable bonds is 1. The van der Waals surface area contributed by atoms with Crippen LogP contribution in [0.4, 0.5) is 5.69 Å². The third-order valence-electron chi connectivity index (χ3n) is 3.04. The van der Waals surface area contributed by atoms with E-state index in [-0.39, 0.29) is 5.91 Å². The van der Waals surface area contributed by atoms with Crippen molar-refractivity contribution in [2.45, 2.75) is 0 Å². The number of nitrogens with two attached hydrogens (primary N) is 1. The molecule has 6 nitrogen and oxygen atoms in total. The minimum Gasteiger partial charge on any atom is -0.399 e. The molecule has 0 radical (unpaired) electrons. The first-order valence-corrected chi connectivity index (χ1v) is 6.13. The van der Waals surface area contributed by atoms with Crippen LogP contribution in [0.2, 0.25) is 0 Å². The molecule has 1 aromatic carbocycles. The van der Waals surface area contributed by atoms with Gasteiger partial charge in [0.15, 0.2) is 0 Å². The predicted molar refractivity (Wildman–Crippen MR) is 78.6 cm³/mol. The molecule has 0 atom stereocenters. The maximum absolute atomic E-state index is 12.0. The summed E-state index contributed by atoms with van der Waals surface area (Å²) in [7, 11) is 1.83. The average Bonchev–Trinajstić information content (AvgIpc) is 2.66. The van der Waals surface area contributed by atoms with Crippen LogP contribution in [0.15, 0.2) is 17.2 Å². The molecule has 0 aliphatic carbocycles. The van der Waals surface area contributed by atoms with E-state index in [1.807, 2.05) is 7.05 Å². The van der Waals surface area contributed by atoms with Crippen LogP contribution in [-0.2, 0) is 0 Å². The van der Waals surface area contributed by atoms with Gasteiger partial charge in [-0.3, -0.25) is 4.79 Å². The van der Waals surface area contributed by atoms with Crippen molar-refractivity contribution in [3.05, 3.63) is 29.0 Å². The van der Waals surface area contributed by atoms with E-state index in [0.717, 1.165) is 22.2 Å². The van der Waals surface area contributed by atoms with Gasteiger partial charge >= 0.3 is 0 Å². The highest BCUT2D eigenvalue weighted by molar-refractivity contribution is 6.16. The number of hydrogen-bond donors (Lipinski definition) is 4. The van der Waals surface area contributed by atoms with E-state index in [2.05, 4.69) is 32.7 Å². The molecule has 1 amide bonds. The standard InChI is InChI=1S/C14H13N5O/c1-16-4-2-3-11-10-7-17-19-14(20)9-5-8(15)6-12(18-11)13(9)10/h5-7,16,18H,4,15H2,1H3,(H,19,20). The Bertz CT molecular complexity index is 791. The van der Waals surface area contributed by atoms with E-state index < -0.39 is 0 Å². The van der Waals surface area contributed by atoms with Crippen molar-refractivity contribution in [3.8, 4) is 11.8 Å². The summed E-state index contributed by atoms with van der Waals surface area (Å²) < 4.78 is 0. The van der Waals surface area contributed by atoms with Crippen LogP contribution in [-0.4, -0.2) is 30.7 Å². The van der Waals surface area contributed by atoms with Crippen molar-refractivity contribution < 1.29 is 4.79 Å². The van der Waals surface area contributed by atoms with Gasteiger partial charge in [-0.15, -0.1) is 0 Å². The topological polar surface area (TPSA) is 95.3 Å². The Labute approximate surface area is 115 Å². The summed E-state index contributed by atoms with van der Waals surface area (Å²) in [5.74, 6) is 5.75. The average molecular weight is 267 g/mol. The number of benzene rings is 1. The molecule has 3 rings (SSSR count). The van der Waals surface area contributed by atoms with Crippen molar-refractivity contribution >= 4 is 28.7 Å². The molecule has 100 valence electrons. The third-order valence-corrected chi connectivity index (χ3v) is 3.04. The number of hydrazone groups is 1. The molecule has 2 aromatic rings. The molecular formula is C14H13N5O. The summed E-state index contributed by atoms with van der Waals surface area (Å²) in [5.41, 5.74) is 11.6. The van der Waals surface area contributed by atoms with Crippen LogP contribution in [0.25, 0.3) is 10.9 Å². The summed E-state index contributed by atoms with van der Waals surface area (Å²) in [6.07, 6.45) is 1.60. The highest BCUT2D eigenvalue weighted by Crippen LogP contribution is 2.28. The molecule has 6 heteroatoms. The van der Waals surface area contributed by atoms with E-state index >= 15 is 0 Å². The second-order valence-electron chi connectivity index (χ2n) is 4.44. The minimum absolute atomic E-state index is 0.272. The Kier molecular flexibility index (Phi) is 2.89. The Balaban J connectivity index is 2.29. The highest BCUT2D eigenvalue weighted by Gasteiger charge is 2.20. The first kappa shape index (κ1) is 12.3. The van der Waals surface area contributed by atoms with Gasteiger partial charge < -0.3 is 16.0 Å². The monoisotopic (exact) mass is 267 g/mol. The van der Waals surface area contributed by atoms with E-state index in [0.29, 0.717) is 17.8 Å². The summed E-state index contributed by atoms with van der Waals surface area (Å²) in [5, 5.41) is 7.67. The molecule has 5 N–H and O–H groups in total. The van der Waals surface area contributed by atoms with Gasteiger partial charge in [-0.25, -0.2) is 5.43 Å². The lowest BCUT2D eigenvalue weighted by Gasteiger charge is -2.02. The predicted octanol–water partition coefficient (Wildman–Crippen LogP) is 0.398. The maximum atomic E-state index is 12.0. The smallest absolute Gasteiger partial charge is 0.272 e. The van der Waals surface area contributed by atoms with Gasteiger partial charge in [0.2, 0.25) is 0 Å². The largest absolute Gasteiger partial charge is 0.399 e. The summed E-state index contributed by atoms with van der Waals surface area (Å²) in [6, 6.07) is 3.44. The highest BCUT2D eigenvalue weighted by atomic mass is 16.2. The Morgan fingerprint density at radius 2 is 2.30 bits per heavy atom. The summed E-state index contributed by atoms with van der Waals surface area (Å²) in [6.45, 7) is 0.581. The Hall–Kier alpha value is -2.78. The normalized spacial score (nSPS) is 12.8. The van der Waals surface area contributed by atoms with Crippen molar-refractivity contribution in [1.82, 2.24) is 15.7 Å². The van der Waals surface area contributed by atoms with Gasteiger partial charge in [-0.1, -0.05) is 5.92 Å². The van der Waals surface area contributed by atoms with E-state index in [1.165, 1.54) is 0 Å². The first-order chi connectivity index (χ1) is 9.70. The molecule has 20 heavy (non-hydrogen) atoms. The zero-order valence-electron chi connectivity index (χ0n) is 10.9. The lowest BCUT2D eigenvalue weighted by molar-refractivity contribution is 0.0957.